The number of oxazole rings is 1. The topological polar surface area (TPSA) is 71.3 Å². The van der Waals surface area contributed by atoms with Crippen LogP contribution in [0.25, 0.3) is 0 Å². The van der Waals surface area contributed by atoms with Crippen molar-refractivity contribution in [3.63, 3.8) is 0 Å². The number of anilines is 4. The number of benzene rings is 2. The van der Waals surface area contributed by atoms with Gasteiger partial charge < -0.3 is 9.73 Å². The SMILES string of the molecule is Cc1ccc(NC(=O)c2cccc(Br)c2)cc1N(c1cccnc1)c1ncco1. The van der Waals surface area contributed by atoms with Gasteiger partial charge >= 0.3 is 6.01 Å². The Morgan fingerprint density at radius 1 is 1.10 bits per heavy atom. The van der Waals surface area contributed by atoms with Gasteiger partial charge in [0.25, 0.3) is 5.91 Å². The molecule has 2 aromatic carbocycles. The lowest BCUT2D eigenvalue weighted by Gasteiger charge is -2.23. The Kier molecular flexibility index (Phi) is 5.39. The minimum atomic E-state index is -0.190. The average molecular weight is 449 g/mol. The number of halogens is 1. The van der Waals surface area contributed by atoms with Crippen LogP contribution in [-0.4, -0.2) is 15.9 Å². The van der Waals surface area contributed by atoms with Gasteiger partial charge in [-0.1, -0.05) is 28.1 Å². The van der Waals surface area contributed by atoms with Gasteiger partial charge in [-0.2, -0.15) is 0 Å². The zero-order valence-electron chi connectivity index (χ0n) is 15.5. The zero-order chi connectivity index (χ0) is 20.2. The standard InChI is InChI=1S/C22H17BrN4O2/c1-15-7-8-18(26-21(28)16-4-2-5-17(23)12-16)13-20(15)27(22-25-10-11-29-22)19-6-3-9-24-14-19/h2-14H,1H3,(H,26,28). The highest BCUT2D eigenvalue weighted by molar-refractivity contribution is 9.10. The van der Waals surface area contributed by atoms with E-state index in [1.54, 1.807) is 30.7 Å². The third-order valence-electron chi connectivity index (χ3n) is 4.31. The molecule has 6 nitrogen and oxygen atoms in total. The second-order valence-corrected chi connectivity index (χ2v) is 7.24. The average Bonchev–Trinajstić information content (AvgIpc) is 3.26. The van der Waals surface area contributed by atoms with E-state index >= 15 is 0 Å². The van der Waals surface area contributed by atoms with Gasteiger partial charge in [0.05, 0.1) is 23.8 Å². The fraction of sp³-hybridized carbons (Fsp3) is 0.0455. The fourth-order valence-corrected chi connectivity index (χ4v) is 3.33. The summed E-state index contributed by atoms with van der Waals surface area (Å²) < 4.78 is 6.41. The van der Waals surface area contributed by atoms with Gasteiger partial charge in [0.2, 0.25) is 0 Å². The normalized spacial score (nSPS) is 10.6. The van der Waals surface area contributed by atoms with Crippen LogP contribution in [-0.2, 0) is 0 Å². The van der Waals surface area contributed by atoms with Crippen LogP contribution in [0.15, 0.2) is 88.3 Å². The smallest absolute Gasteiger partial charge is 0.306 e. The number of carbonyl (C=O) groups is 1. The summed E-state index contributed by atoms with van der Waals surface area (Å²) in [6, 6.07) is 17.1. The molecule has 0 radical (unpaired) electrons. The summed E-state index contributed by atoms with van der Waals surface area (Å²) in [5.74, 6) is -0.190. The van der Waals surface area contributed by atoms with Crippen molar-refractivity contribution in [2.24, 2.45) is 0 Å². The molecule has 4 rings (SSSR count). The summed E-state index contributed by atoms with van der Waals surface area (Å²) in [6.07, 6.45) is 6.55. The van der Waals surface area contributed by atoms with Crippen molar-refractivity contribution in [1.29, 1.82) is 0 Å². The summed E-state index contributed by atoms with van der Waals surface area (Å²) >= 11 is 3.39. The van der Waals surface area contributed by atoms with E-state index in [9.17, 15) is 4.79 Å². The highest BCUT2D eigenvalue weighted by Gasteiger charge is 2.19. The van der Waals surface area contributed by atoms with Crippen molar-refractivity contribution in [3.05, 3.63) is 95.1 Å². The van der Waals surface area contributed by atoms with E-state index in [-0.39, 0.29) is 5.91 Å². The van der Waals surface area contributed by atoms with Crippen LogP contribution < -0.4 is 10.2 Å². The molecule has 0 bridgehead atoms. The first kappa shape index (κ1) is 18.9. The highest BCUT2D eigenvalue weighted by atomic mass is 79.9. The molecule has 29 heavy (non-hydrogen) atoms. The molecule has 2 heterocycles. The number of hydrogen-bond donors (Lipinski definition) is 1. The van der Waals surface area contributed by atoms with Crippen LogP contribution in [0.5, 0.6) is 0 Å². The van der Waals surface area contributed by atoms with Gasteiger partial charge in [0, 0.05) is 21.9 Å². The zero-order valence-corrected chi connectivity index (χ0v) is 17.1. The number of aryl methyl sites for hydroxylation is 1. The molecule has 0 aliphatic heterocycles. The lowest BCUT2D eigenvalue weighted by molar-refractivity contribution is 0.102. The Hall–Kier alpha value is -3.45. The molecule has 7 heteroatoms. The maximum atomic E-state index is 12.6. The quantitative estimate of drug-likeness (QED) is 0.413. The summed E-state index contributed by atoms with van der Waals surface area (Å²) in [7, 11) is 0. The first-order valence-electron chi connectivity index (χ1n) is 8.89. The van der Waals surface area contributed by atoms with Crippen LogP contribution in [0.2, 0.25) is 0 Å². The summed E-state index contributed by atoms with van der Waals surface area (Å²) in [5.41, 5.74) is 3.85. The van der Waals surface area contributed by atoms with Crippen molar-refractivity contribution in [1.82, 2.24) is 9.97 Å². The molecule has 0 fully saturated rings. The van der Waals surface area contributed by atoms with Crippen molar-refractivity contribution < 1.29 is 9.21 Å². The number of pyridine rings is 1. The molecule has 4 aromatic rings. The van der Waals surface area contributed by atoms with Crippen LogP contribution in [0.1, 0.15) is 15.9 Å². The molecular formula is C22H17BrN4O2. The molecule has 0 saturated carbocycles. The van der Waals surface area contributed by atoms with Gasteiger partial charge in [-0.25, -0.2) is 4.98 Å². The van der Waals surface area contributed by atoms with Crippen LogP contribution in [0.3, 0.4) is 0 Å². The van der Waals surface area contributed by atoms with Gasteiger partial charge in [0.15, 0.2) is 0 Å². The molecule has 0 aliphatic rings. The second-order valence-electron chi connectivity index (χ2n) is 6.33. The number of amides is 1. The number of nitrogens with zero attached hydrogens (tertiary/aromatic N) is 3. The van der Waals surface area contributed by atoms with Crippen LogP contribution in [0.4, 0.5) is 23.1 Å². The van der Waals surface area contributed by atoms with Crippen molar-refractivity contribution in [2.45, 2.75) is 6.92 Å². The molecular weight excluding hydrogens is 432 g/mol. The van der Waals surface area contributed by atoms with E-state index in [0.29, 0.717) is 17.3 Å². The van der Waals surface area contributed by atoms with Gasteiger partial charge in [-0.15, -0.1) is 0 Å². The molecule has 0 spiro atoms. The van der Waals surface area contributed by atoms with E-state index in [0.717, 1.165) is 21.4 Å². The third kappa shape index (κ3) is 4.20. The Morgan fingerprint density at radius 3 is 2.72 bits per heavy atom. The summed E-state index contributed by atoms with van der Waals surface area (Å²) in [5, 5.41) is 2.95. The Bertz CT molecular complexity index is 1130. The van der Waals surface area contributed by atoms with Crippen molar-refractivity contribution in [2.75, 3.05) is 10.2 Å². The monoisotopic (exact) mass is 448 g/mol. The number of carbonyl (C=O) groups excluding carboxylic acids is 1. The van der Waals surface area contributed by atoms with E-state index in [1.807, 2.05) is 54.3 Å². The molecule has 0 aliphatic carbocycles. The van der Waals surface area contributed by atoms with E-state index in [1.165, 1.54) is 6.26 Å². The van der Waals surface area contributed by atoms with E-state index < -0.39 is 0 Å². The van der Waals surface area contributed by atoms with Crippen LogP contribution in [0, 0.1) is 6.92 Å². The van der Waals surface area contributed by atoms with Crippen LogP contribution >= 0.6 is 15.9 Å². The minimum Gasteiger partial charge on any atom is -0.432 e. The van der Waals surface area contributed by atoms with Crippen molar-refractivity contribution in [3.8, 4) is 0 Å². The highest BCUT2D eigenvalue weighted by Crippen LogP contribution is 2.36. The number of rotatable bonds is 5. The molecule has 1 N–H and O–H groups in total. The largest absolute Gasteiger partial charge is 0.432 e. The second kappa shape index (κ2) is 8.28. The molecule has 0 saturated heterocycles. The molecule has 0 atom stereocenters. The summed E-state index contributed by atoms with van der Waals surface area (Å²) in [4.78, 5) is 23.0. The molecule has 144 valence electrons. The first-order valence-corrected chi connectivity index (χ1v) is 9.68. The van der Waals surface area contributed by atoms with E-state index in [4.69, 9.17) is 4.42 Å². The molecule has 1 amide bonds. The molecule has 0 unspecified atom stereocenters. The molecule has 2 aromatic heterocycles. The summed E-state index contributed by atoms with van der Waals surface area (Å²) in [6.45, 7) is 1.99. The number of hydrogen-bond acceptors (Lipinski definition) is 5. The first-order chi connectivity index (χ1) is 14.1. The Labute approximate surface area is 176 Å². The maximum absolute atomic E-state index is 12.6. The lowest BCUT2D eigenvalue weighted by atomic mass is 10.1. The van der Waals surface area contributed by atoms with Gasteiger partial charge in [-0.3, -0.25) is 14.7 Å². The predicted molar refractivity (Wildman–Crippen MR) is 116 cm³/mol. The lowest BCUT2D eigenvalue weighted by Crippen LogP contribution is -2.14. The predicted octanol–water partition coefficient (Wildman–Crippen LogP) is 5.86. The number of aromatic nitrogens is 2. The minimum absolute atomic E-state index is 0.190. The van der Waals surface area contributed by atoms with Gasteiger partial charge in [0.1, 0.15) is 6.26 Å². The van der Waals surface area contributed by atoms with Gasteiger partial charge in [-0.05, 0) is 55.0 Å². The maximum Gasteiger partial charge on any atom is 0.306 e. The Morgan fingerprint density at radius 2 is 2.00 bits per heavy atom. The fourth-order valence-electron chi connectivity index (χ4n) is 2.93. The number of nitrogens with one attached hydrogen (secondary N) is 1. The third-order valence-corrected chi connectivity index (χ3v) is 4.80. The van der Waals surface area contributed by atoms with E-state index in [2.05, 4.69) is 31.2 Å². The Balaban J connectivity index is 1.71. The van der Waals surface area contributed by atoms with Crippen molar-refractivity contribution >= 4 is 44.9 Å².